The maximum absolute atomic E-state index is 5.42. The van der Waals surface area contributed by atoms with Gasteiger partial charge in [0.05, 0.1) is 4.21 Å². The van der Waals surface area contributed by atoms with Crippen molar-refractivity contribution in [2.75, 3.05) is 5.73 Å². The summed E-state index contributed by atoms with van der Waals surface area (Å²) in [6.45, 7) is 0. The molecule has 0 atom stereocenters. The van der Waals surface area contributed by atoms with Crippen molar-refractivity contribution in [3.63, 3.8) is 0 Å². The average Bonchev–Trinajstić information content (AvgIpc) is 2.62. The lowest BCUT2D eigenvalue weighted by Crippen LogP contribution is -1.92. The van der Waals surface area contributed by atoms with E-state index < -0.39 is 0 Å². The van der Waals surface area contributed by atoms with E-state index >= 15 is 0 Å². The zero-order chi connectivity index (χ0) is 9.10. The van der Waals surface area contributed by atoms with Crippen LogP contribution in [0.4, 0.5) is 5.82 Å². The summed E-state index contributed by atoms with van der Waals surface area (Å²) in [6, 6.07) is 7.68. The summed E-state index contributed by atoms with van der Waals surface area (Å²) in [6.07, 6.45) is 0. The summed E-state index contributed by atoms with van der Waals surface area (Å²) in [5.74, 6) is 0.454. The molecule has 5 heteroatoms. The fraction of sp³-hybridized carbons (Fsp3) is 0. The standard InChI is InChI=1S/C8H7N3S2/c9-6-3-4-7(11-10-6)13-8-2-1-5-12-8/h1-5H,(H2,9,10). The fourth-order valence-electron chi connectivity index (χ4n) is 0.809. The minimum atomic E-state index is 0.454. The summed E-state index contributed by atoms with van der Waals surface area (Å²) >= 11 is 3.28. The molecule has 0 fully saturated rings. The summed E-state index contributed by atoms with van der Waals surface area (Å²) in [5, 5.41) is 10.6. The highest BCUT2D eigenvalue weighted by molar-refractivity contribution is 8.01. The van der Waals surface area contributed by atoms with Crippen molar-refractivity contribution < 1.29 is 0 Å². The minimum Gasteiger partial charge on any atom is -0.382 e. The first-order chi connectivity index (χ1) is 6.34. The molecule has 0 bridgehead atoms. The Morgan fingerprint density at radius 2 is 2.15 bits per heavy atom. The van der Waals surface area contributed by atoms with E-state index in [1.807, 2.05) is 23.6 Å². The van der Waals surface area contributed by atoms with Gasteiger partial charge in [-0.2, -0.15) is 0 Å². The van der Waals surface area contributed by atoms with Crippen LogP contribution in [0.3, 0.4) is 0 Å². The molecule has 2 N–H and O–H groups in total. The zero-order valence-electron chi connectivity index (χ0n) is 6.68. The Morgan fingerprint density at radius 3 is 2.77 bits per heavy atom. The van der Waals surface area contributed by atoms with E-state index in [0.29, 0.717) is 5.82 Å². The molecule has 2 aromatic heterocycles. The number of nitrogens with zero attached hydrogens (tertiary/aromatic N) is 2. The summed E-state index contributed by atoms with van der Waals surface area (Å²) < 4.78 is 1.21. The van der Waals surface area contributed by atoms with Gasteiger partial charge in [0.2, 0.25) is 0 Å². The van der Waals surface area contributed by atoms with Crippen LogP contribution in [0.2, 0.25) is 0 Å². The lowest BCUT2D eigenvalue weighted by atomic mass is 10.5. The van der Waals surface area contributed by atoms with Crippen molar-refractivity contribution in [3.05, 3.63) is 29.6 Å². The molecule has 0 aromatic carbocycles. The van der Waals surface area contributed by atoms with Gasteiger partial charge in [-0.1, -0.05) is 17.8 Å². The molecule has 3 nitrogen and oxygen atoms in total. The molecule has 0 spiro atoms. The molecule has 0 unspecified atom stereocenters. The molecule has 66 valence electrons. The van der Waals surface area contributed by atoms with E-state index in [9.17, 15) is 0 Å². The van der Waals surface area contributed by atoms with E-state index in [2.05, 4.69) is 10.2 Å². The molecule has 2 rings (SSSR count). The number of aromatic nitrogens is 2. The van der Waals surface area contributed by atoms with Crippen LogP contribution in [-0.2, 0) is 0 Å². The Kier molecular flexibility index (Phi) is 2.47. The van der Waals surface area contributed by atoms with Crippen LogP contribution in [0.1, 0.15) is 0 Å². The predicted molar refractivity (Wildman–Crippen MR) is 54.9 cm³/mol. The van der Waals surface area contributed by atoms with E-state index in [4.69, 9.17) is 5.73 Å². The topological polar surface area (TPSA) is 51.8 Å². The Hall–Kier alpha value is -1.07. The predicted octanol–water partition coefficient (Wildman–Crippen LogP) is 2.27. The molecule has 0 radical (unpaired) electrons. The summed E-state index contributed by atoms with van der Waals surface area (Å²) in [4.78, 5) is 0. The Morgan fingerprint density at radius 1 is 1.23 bits per heavy atom. The number of anilines is 1. The molecule has 0 aliphatic heterocycles. The fourth-order valence-corrected chi connectivity index (χ4v) is 2.44. The molecule has 2 aromatic rings. The van der Waals surface area contributed by atoms with E-state index in [1.54, 1.807) is 29.2 Å². The third-order valence-corrected chi connectivity index (χ3v) is 3.33. The number of thiophene rings is 1. The lowest BCUT2D eigenvalue weighted by molar-refractivity contribution is 0.939. The van der Waals surface area contributed by atoms with Gasteiger partial charge in [-0.25, -0.2) is 0 Å². The maximum Gasteiger partial charge on any atom is 0.146 e. The van der Waals surface area contributed by atoms with E-state index in [0.717, 1.165) is 5.03 Å². The molecule has 0 aliphatic carbocycles. The first-order valence-corrected chi connectivity index (χ1v) is 5.35. The smallest absolute Gasteiger partial charge is 0.146 e. The second kappa shape index (κ2) is 3.76. The van der Waals surface area contributed by atoms with Gasteiger partial charge in [0.15, 0.2) is 0 Å². The van der Waals surface area contributed by atoms with Gasteiger partial charge in [-0.05, 0) is 23.6 Å². The number of nitrogens with two attached hydrogens (primary N) is 1. The highest BCUT2D eigenvalue weighted by Crippen LogP contribution is 2.29. The van der Waals surface area contributed by atoms with Crippen LogP contribution in [0.25, 0.3) is 0 Å². The Bertz CT molecular complexity index is 369. The number of rotatable bonds is 2. The van der Waals surface area contributed by atoms with Crippen LogP contribution in [0, 0.1) is 0 Å². The Balaban J connectivity index is 2.15. The molecular formula is C8H7N3S2. The van der Waals surface area contributed by atoms with E-state index in [1.165, 1.54) is 4.21 Å². The molecule has 0 saturated heterocycles. The molecule has 0 saturated carbocycles. The first kappa shape index (κ1) is 8.52. The average molecular weight is 209 g/mol. The monoisotopic (exact) mass is 209 g/mol. The van der Waals surface area contributed by atoms with Gasteiger partial charge in [-0.3, -0.25) is 0 Å². The van der Waals surface area contributed by atoms with Crippen LogP contribution in [0.15, 0.2) is 38.9 Å². The quantitative estimate of drug-likeness (QED) is 0.824. The van der Waals surface area contributed by atoms with Gasteiger partial charge < -0.3 is 5.73 Å². The van der Waals surface area contributed by atoms with Gasteiger partial charge in [0.25, 0.3) is 0 Å². The first-order valence-electron chi connectivity index (χ1n) is 3.65. The lowest BCUT2D eigenvalue weighted by Gasteiger charge is -1.95. The van der Waals surface area contributed by atoms with Crippen LogP contribution < -0.4 is 5.73 Å². The zero-order valence-corrected chi connectivity index (χ0v) is 8.31. The van der Waals surface area contributed by atoms with Crippen molar-refractivity contribution in [1.82, 2.24) is 10.2 Å². The molecular weight excluding hydrogens is 202 g/mol. The third kappa shape index (κ3) is 2.19. The van der Waals surface area contributed by atoms with E-state index in [-0.39, 0.29) is 0 Å². The highest BCUT2D eigenvalue weighted by atomic mass is 32.2. The maximum atomic E-state index is 5.42. The number of nitrogen functional groups attached to an aromatic ring is 1. The van der Waals surface area contributed by atoms with Crippen molar-refractivity contribution in [3.8, 4) is 0 Å². The van der Waals surface area contributed by atoms with Crippen LogP contribution in [0.5, 0.6) is 0 Å². The highest BCUT2D eigenvalue weighted by Gasteiger charge is 1.99. The molecule has 0 aliphatic rings. The third-order valence-electron chi connectivity index (χ3n) is 1.36. The Labute approximate surface area is 84.0 Å². The van der Waals surface area contributed by atoms with Crippen molar-refractivity contribution in [1.29, 1.82) is 0 Å². The number of hydrogen-bond acceptors (Lipinski definition) is 5. The van der Waals surface area contributed by atoms with Gasteiger partial charge in [0, 0.05) is 0 Å². The summed E-state index contributed by atoms with van der Waals surface area (Å²) in [5.41, 5.74) is 5.42. The van der Waals surface area contributed by atoms with Gasteiger partial charge >= 0.3 is 0 Å². The second-order valence-electron chi connectivity index (χ2n) is 2.33. The second-order valence-corrected chi connectivity index (χ2v) is 4.60. The van der Waals surface area contributed by atoms with Crippen LogP contribution >= 0.6 is 23.1 Å². The SMILES string of the molecule is Nc1ccc(Sc2cccs2)nn1. The molecule has 13 heavy (non-hydrogen) atoms. The number of hydrogen-bond donors (Lipinski definition) is 1. The van der Waals surface area contributed by atoms with Gasteiger partial charge in [0.1, 0.15) is 10.8 Å². The molecule has 2 heterocycles. The van der Waals surface area contributed by atoms with Crippen LogP contribution in [-0.4, -0.2) is 10.2 Å². The van der Waals surface area contributed by atoms with Crippen molar-refractivity contribution in [2.24, 2.45) is 0 Å². The summed E-state index contributed by atoms with van der Waals surface area (Å²) in [7, 11) is 0. The molecule has 0 amide bonds. The normalized spacial score (nSPS) is 10.2. The largest absolute Gasteiger partial charge is 0.382 e. The van der Waals surface area contributed by atoms with Crippen molar-refractivity contribution in [2.45, 2.75) is 9.24 Å². The minimum absolute atomic E-state index is 0.454. The van der Waals surface area contributed by atoms with Crippen molar-refractivity contribution >= 4 is 28.9 Å². The van der Waals surface area contributed by atoms with Gasteiger partial charge in [-0.15, -0.1) is 21.5 Å².